The minimum absolute atomic E-state index is 0.0727. The average molecular weight is 711 g/mol. The third-order valence-corrected chi connectivity index (χ3v) is 11.6. The Morgan fingerprint density at radius 1 is 1.08 bits per heavy atom. The number of carbonyl (C=O) groups excluding carboxylic acids is 1. The van der Waals surface area contributed by atoms with E-state index < -0.39 is 0 Å². The number of halogens is 1. The predicted octanol–water partition coefficient (Wildman–Crippen LogP) is 6.28. The summed E-state index contributed by atoms with van der Waals surface area (Å²) < 4.78 is 11.9. The fourth-order valence-corrected chi connectivity index (χ4v) is 8.72. The molecule has 11 nitrogen and oxygen atoms in total. The Labute approximate surface area is 304 Å². The van der Waals surface area contributed by atoms with E-state index in [-0.39, 0.29) is 22.9 Å². The molecule has 51 heavy (non-hydrogen) atoms. The van der Waals surface area contributed by atoms with Crippen molar-refractivity contribution in [1.29, 1.82) is 0 Å². The molecule has 2 aromatic carbocycles. The lowest BCUT2D eigenvalue weighted by Gasteiger charge is -2.35. The zero-order chi connectivity index (χ0) is 35.3. The van der Waals surface area contributed by atoms with Gasteiger partial charge in [-0.2, -0.15) is 15.0 Å². The van der Waals surface area contributed by atoms with Crippen LogP contribution in [0.1, 0.15) is 75.8 Å². The van der Waals surface area contributed by atoms with Crippen LogP contribution in [0.5, 0.6) is 6.01 Å². The molecular weight excluding hydrogens is 664 g/mol. The normalized spacial score (nSPS) is 20.4. The maximum atomic E-state index is 13.3. The first-order chi connectivity index (χ1) is 24.6. The molecule has 0 aliphatic carbocycles. The van der Waals surface area contributed by atoms with E-state index in [0.29, 0.717) is 44.0 Å². The van der Waals surface area contributed by atoms with Crippen molar-refractivity contribution in [3.8, 4) is 6.01 Å². The van der Waals surface area contributed by atoms with Gasteiger partial charge in [0.25, 0.3) is 5.89 Å². The summed E-state index contributed by atoms with van der Waals surface area (Å²) in [6.45, 7) is 11.6. The number of hydrogen-bond acceptors (Lipinski definition) is 10. The Balaban J connectivity index is 1.04. The molecule has 2 aromatic heterocycles. The summed E-state index contributed by atoms with van der Waals surface area (Å²) in [6.07, 6.45) is 9.49. The van der Waals surface area contributed by atoms with Crippen LogP contribution in [0.2, 0.25) is 5.02 Å². The second-order valence-corrected chi connectivity index (χ2v) is 16.0. The van der Waals surface area contributed by atoms with Gasteiger partial charge in [0, 0.05) is 66.9 Å². The zero-order valence-electron chi connectivity index (χ0n) is 30.1. The summed E-state index contributed by atoms with van der Waals surface area (Å²) in [5, 5.41) is 7.00. The van der Waals surface area contributed by atoms with Gasteiger partial charge in [-0.1, -0.05) is 61.8 Å². The molecule has 0 unspecified atom stereocenters. The number of carbonyl (C=O) groups is 1. The number of likely N-dealkylation sites (tertiary alicyclic amines) is 1. The zero-order valence-corrected chi connectivity index (χ0v) is 30.8. The number of amides is 1. The lowest BCUT2D eigenvalue weighted by atomic mass is 9.95. The first-order valence-electron chi connectivity index (χ1n) is 18.3. The summed E-state index contributed by atoms with van der Waals surface area (Å²) in [4.78, 5) is 37.0. The quantitative estimate of drug-likeness (QED) is 0.194. The fourth-order valence-electron chi connectivity index (χ4n) is 8.44. The minimum atomic E-state index is -0.230. The van der Waals surface area contributed by atoms with Crippen LogP contribution in [-0.2, 0) is 23.2 Å². The highest BCUT2D eigenvalue weighted by molar-refractivity contribution is 6.36. The number of fused-ring (bicyclic) bond motifs is 3. The first-order valence-corrected chi connectivity index (χ1v) is 18.7. The number of anilines is 2. The fraction of sp³-hybridized carbons (Fsp3) is 0.513. The lowest BCUT2D eigenvalue weighted by molar-refractivity contribution is -0.124. The number of benzene rings is 2. The Kier molecular flexibility index (Phi) is 8.90. The largest absolute Gasteiger partial charge is 0.461 e. The van der Waals surface area contributed by atoms with E-state index in [2.05, 4.69) is 56.2 Å². The van der Waals surface area contributed by atoms with Crippen molar-refractivity contribution in [2.75, 3.05) is 56.2 Å². The van der Waals surface area contributed by atoms with E-state index >= 15 is 0 Å². The van der Waals surface area contributed by atoms with E-state index in [1.165, 1.54) is 18.9 Å². The monoisotopic (exact) mass is 710 g/mol. The molecule has 4 aliphatic rings. The van der Waals surface area contributed by atoms with E-state index in [9.17, 15) is 4.79 Å². The Hall–Kier alpha value is -4.22. The minimum Gasteiger partial charge on any atom is -0.461 e. The van der Waals surface area contributed by atoms with Crippen molar-refractivity contribution in [2.45, 2.75) is 82.8 Å². The molecule has 4 aliphatic heterocycles. The van der Waals surface area contributed by atoms with Gasteiger partial charge in [-0.15, -0.1) is 0 Å². The van der Waals surface area contributed by atoms with E-state index in [1.807, 2.05) is 37.8 Å². The molecular formula is C39H47ClN8O3. The van der Waals surface area contributed by atoms with E-state index in [4.69, 9.17) is 30.8 Å². The van der Waals surface area contributed by atoms with Gasteiger partial charge in [0.2, 0.25) is 5.91 Å². The van der Waals surface area contributed by atoms with Crippen molar-refractivity contribution >= 4 is 45.9 Å². The van der Waals surface area contributed by atoms with Gasteiger partial charge < -0.3 is 24.0 Å². The van der Waals surface area contributed by atoms with E-state index in [0.717, 1.165) is 83.9 Å². The molecule has 0 bridgehead atoms. The summed E-state index contributed by atoms with van der Waals surface area (Å²) in [5.41, 5.74) is 3.09. The number of nitrogens with zero attached hydrogens (tertiary/aromatic N) is 8. The number of aromatic nitrogens is 4. The number of hydrogen-bond donors (Lipinski definition) is 0. The van der Waals surface area contributed by atoms with Gasteiger partial charge in [-0.05, 0) is 69.1 Å². The van der Waals surface area contributed by atoms with Crippen molar-refractivity contribution in [3.63, 3.8) is 0 Å². The van der Waals surface area contributed by atoms with Crippen LogP contribution in [0.4, 0.5) is 11.5 Å². The van der Waals surface area contributed by atoms with Crippen molar-refractivity contribution in [2.24, 2.45) is 0 Å². The lowest BCUT2D eigenvalue weighted by Crippen LogP contribution is -2.44. The molecule has 0 saturated carbocycles. The third kappa shape index (κ3) is 6.55. The topological polar surface area (TPSA) is 104 Å². The molecule has 3 saturated heterocycles. The average Bonchev–Trinajstić information content (AvgIpc) is 3.93. The molecule has 6 heterocycles. The maximum Gasteiger partial charge on any atom is 0.318 e. The summed E-state index contributed by atoms with van der Waals surface area (Å²) in [7, 11) is 2.10. The molecule has 4 aromatic rings. The van der Waals surface area contributed by atoms with Crippen molar-refractivity contribution in [1.82, 2.24) is 29.9 Å². The van der Waals surface area contributed by atoms with Crippen LogP contribution in [0.25, 0.3) is 16.8 Å². The molecule has 1 amide bonds. The molecule has 1 atom stereocenters. The molecule has 0 spiro atoms. The molecule has 12 heteroatoms. The summed E-state index contributed by atoms with van der Waals surface area (Å²) in [6, 6.07) is 13.0. The number of rotatable bonds is 8. The van der Waals surface area contributed by atoms with E-state index in [1.54, 1.807) is 6.08 Å². The second-order valence-electron chi connectivity index (χ2n) is 15.6. The van der Waals surface area contributed by atoms with Crippen molar-refractivity contribution < 1.29 is 14.1 Å². The number of ether oxygens (including phenoxy) is 1. The summed E-state index contributed by atoms with van der Waals surface area (Å²) >= 11 is 6.77. The van der Waals surface area contributed by atoms with Gasteiger partial charge in [0.15, 0.2) is 5.82 Å². The van der Waals surface area contributed by atoms with Crippen LogP contribution >= 0.6 is 11.6 Å². The van der Waals surface area contributed by atoms with Crippen LogP contribution in [-0.4, -0.2) is 93.8 Å². The van der Waals surface area contributed by atoms with Gasteiger partial charge in [0.05, 0.1) is 22.8 Å². The molecule has 0 radical (unpaired) electrons. The molecule has 8 rings (SSSR count). The SMILES string of the molecule is CN(c1nc(OCC23CCCN2CCC3)nc2c1CCN(c1cccc3cccc(Cl)c13)C2)[C@@H]1CCN(C(=O)/C=C/c2nc(C(C)(C)C)no2)C1. The smallest absolute Gasteiger partial charge is 0.318 e. The Morgan fingerprint density at radius 3 is 2.63 bits per heavy atom. The highest BCUT2D eigenvalue weighted by Gasteiger charge is 2.45. The molecule has 268 valence electrons. The van der Waals surface area contributed by atoms with Crippen LogP contribution in [0, 0.1) is 0 Å². The number of likely N-dealkylation sites (N-methyl/N-ethyl adjacent to an activating group) is 1. The van der Waals surface area contributed by atoms with Crippen LogP contribution in [0.3, 0.4) is 0 Å². The van der Waals surface area contributed by atoms with Crippen molar-refractivity contribution in [3.05, 3.63) is 70.5 Å². The van der Waals surface area contributed by atoms with Crippen LogP contribution < -0.4 is 14.5 Å². The maximum absolute atomic E-state index is 13.3. The highest BCUT2D eigenvalue weighted by atomic mass is 35.5. The third-order valence-electron chi connectivity index (χ3n) is 11.3. The summed E-state index contributed by atoms with van der Waals surface area (Å²) in [5.74, 6) is 1.77. The standard InChI is InChI=1S/C39H47ClN8O3/c1-38(2,3)36-42-32(51-44-36)13-14-33(49)47-21-15-27(23-47)45(4)35-28-16-22-46(31-12-6-10-26-9-5-11-29(40)34(26)31)24-30(28)41-37(43-35)50-25-39-17-7-19-48(39)20-8-18-39/h5-6,9-14,27H,7-8,15-25H2,1-4H3/b14-13+/t27-/m1/s1. The van der Waals surface area contributed by atoms with Gasteiger partial charge in [-0.3, -0.25) is 9.69 Å². The first kappa shape index (κ1) is 33.9. The van der Waals surface area contributed by atoms with Gasteiger partial charge >= 0.3 is 6.01 Å². The highest BCUT2D eigenvalue weighted by Crippen LogP contribution is 2.40. The van der Waals surface area contributed by atoms with Crippen LogP contribution in [0.15, 0.2) is 47.0 Å². The Morgan fingerprint density at radius 2 is 1.86 bits per heavy atom. The Bertz CT molecular complexity index is 1960. The second kappa shape index (κ2) is 13.4. The van der Waals surface area contributed by atoms with Gasteiger partial charge in [-0.25, -0.2) is 0 Å². The molecule has 3 fully saturated rings. The molecule has 0 N–H and O–H groups in total. The van der Waals surface area contributed by atoms with Gasteiger partial charge in [0.1, 0.15) is 12.4 Å². The predicted molar refractivity (Wildman–Crippen MR) is 199 cm³/mol.